The van der Waals surface area contributed by atoms with Crippen molar-refractivity contribution >= 4 is 7.85 Å². The molecule has 0 aliphatic rings. The number of hydrogen-bond donors (Lipinski definition) is 0. The Morgan fingerprint density at radius 2 is 1.50 bits per heavy atom. The normalized spacial score (nSPS) is 10.0. The Hall–Kier alpha value is -1.50. The lowest BCUT2D eigenvalue weighted by Crippen LogP contribution is -1.84. The zero-order valence-corrected chi connectivity index (χ0v) is 8.40. The standard InChI is InChI=1S/C13H13B/c14-10-11-5-4-8-13(9-11)12-6-2-1-3-7-12/h1-9H,10,14H2. The van der Waals surface area contributed by atoms with Crippen LogP contribution >= 0.6 is 0 Å². The van der Waals surface area contributed by atoms with Gasteiger partial charge < -0.3 is 0 Å². The van der Waals surface area contributed by atoms with Gasteiger partial charge >= 0.3 is 0 Å². The van der Waals surface area contributed by atoms with Crippen LogP contribution in [0.4, 0.5) is 0 Å². The van der Waals surface area contributed by atoms with Crippen LogP contribution in [0.25, 0.3) is 11.1 Å². The molecule has 2 aromatic carbocycles. The van der Waals surface area contributed by atoms with E-state index in [0.29, 0.717) is 0 Å². The van der Waals surface area contributed by atoms with Crippen LogP contribution in [0, 0.1) is 0 Å². The third-order valence-corrected chi connectivity index (χ3v) is 2.44. The Morgan fingerprint density at radius 3 is 2.21 bits per heavy atom. The molecule has 1 heteroatoms. The van der Waals surface area contributed by atoms with E-state index in [1.807, 2.05) is 6.07 Å². The van der Waals surface area contributed by atoms with Crippen molar-refractivity contribution < 1.29 is 0 Å². The van der Waals surface area contributed by atoms with Gasteiger partial charge in [-0.25, -0.2) is 0 Å². The van der Waals surface area contributed by atoms with Crippen molar-refractivity contribution in [2.45, 2.75) is 6.32 Å². The van der Waals surface area contributed by atoms with Crippen molar-refractivity contribution in [2.24, 2.45) is 0 Å². The van der Waals surface area contributed by atoms with E-state index in [9.17, 15) is 0 Å². The monoisotopic (exact) mass is 180 g/mol. The van der Waals surface area contributed by atoms with Gasteiger partial charge in [0.15, 0.2) is 0 Å². The summed E-state index contributed by atoms with van der Waals surface area (Å²) in [5.41, 5.74) is 4.00. The molecule has 0 aliphatic carbocycles. The predicted molar refractivity (Wildman–Crippen MR) is 64.1 cm³/mol. The highest BCUT2D eigenvalue weighted by Gasteiger charge is 1.96. The Labute approximate surface area is 86.0 Å². The smallest absolute Gasteiger partial charge is 0.0622 e. The van der Waals surface area contributed by atoms with Gasteiger partial charge in [0.25, 0.3) is 0 Å². The van der Waals surface area contributed by atoms with E-state index in [1.54, 1.807) is 0 Å². The van der Waals surface area contributed by atoms with Gasteiger partial charge in [0.05, 0.1) is 0 Å². The molecule has 0 unspecified atom stereocenters. The SMILES string of the molecule is BCc1cccc(-c2ccccc2)c1. The summed E-state index contributed by atoms with van der Waals surface area (Å²) in [6.45, 7) is 0. The fourth-order valence-electron chi connectivity index (χ4n) is 1.60. The molecule has 0 atom stereocenters. The third kappa shape index (κ3) is 1.87. The molecule has 14 heavy (non-hydrogen) atoms. The average molecular weight is 180 g/mol. The summed E-state index contributed by atoms with van der Waals surface area (Å²) in [4.78, 5) is 0. The summed E-state index contributed by atoms with van der Waals surface area (Å²) in [5, 5.41) is 0. The van der Waals surface area contributed by atoms with Crippen molar-refractivity contribution in [3.63, 3.8) is 0 Å². The first-order valence-corrected chi connectivity index (χ1v) is 5.04. The summed E-state index contributed by atoms with van der Waals surface area (Å²) in [6, 6.07) is 19.2. The van der Waals surface area contributed by atoms with E-state index in [4.69, 9.17) is 0 Å². The van der Waals surface area contributed by atoms with Crippen LogP contribution in [-0.2, 0) is 6.32 Å². The molecular formula is C13H13B. The molecule has 0 heterocycles. The molecule has 0 fully saturated rings. The molecule has 0 saturated carbocycles. The van der Waals surface area contributed by atoms with Crippen LogP contribution in [0.1, 0.15) is 5.56 Å². The van der Waals surface area contributed by atoms with Crippen molar-refractivity contribution in [2.75, 3.05) is 0 Å². The second-order valence-corrected chi connectivity index (χ2v) is 3.42. The van der Waals surface area contributed by atoms with Gasteiger partial charge in [-0.05, 0) is 11.1 Å². The fraction of sp³-hybridized carbons (Fsp3) is 0.0769. The molecule has 0 radical (unpaired) electrons. The number of hydrogen-bond acceptors (Lipinski definition) is 0. The van der Waals surface area contributed by atoms with Gasteiger partial charge in [0.1, 0.15) is 7.85 Å². The fourth-order valence-corrected chi connectivity index (χ4v) is 1.60. The summed E-state index contributed by atoms with van der Waals surface area (Å²) < 4.78 is 0. The van der Waals surface area contributed by atoms with Crippen molar-refractivity contribution in [3.8, 4) is 11.1 Å². The highest BCUT2D eigenvalue weighted by atomic mass is 14.0. The van der Waals surface area contributed by atoms with Crippen molar-refractivity contribution in [1.82, 2.24) is 0 Å². The van der Waals surface area contributed by atoms with Crippen LogP contribution in [0.15, 0.2) is 54.6 Å². The van der Waals surface area contributed by atoms with E-state index >= 15 is 0 Å². The molecule has 0 amide bonds. The third-order valence-electron chi connectivity index (χ3n) is 2.44. The van der Waals surface area contributed by atoms with Crippen LogP contribution in [0.5, 0.6) is 0 Å². The van der Waals surface area contributed by atoms with E-state index in [1.165, 1.54) is 16.7 Å². The van der Waals surface area contributed by atoms with Crippen LogP contribution < -0.4 is 0 Å². The lowest BCUT2D eigenvalue weighted by atomic mass is 9.94. The second-order valence-electron chi connectivity index (χ2n) is 3.42. The Bertz CT molecular complexity index is 407. The van der Waals surface area contributed by atoms with Gasteiger partial charge in [0, 0.05) is 0 Å². The quantitative estimate of drug-likeness (QED) is 0.622. The minimum Gasteiger partial charge on any atom is -0.0622 e. The zero-order chi connectivity index (χ0) is 9.80. The Balaban J connectivity index is 2.42. The lowest BCUT2D eigenvalue weighted by Gasteiger charge is -2.03. The molecule has 0 saturated heterocycles. The molecule has 0 aliphatic heterocycles. The van der Waals surface area contributed by atoms with Crippen molar-refractivity contribution in [3.05, 3.63) is 60.2 Å². The van der Waals surface area contributed by atoms with Gasteiger partial charge in [-0.2, -0.15) is 0 Å². The lowest BCUT2D eigenvalue weighted by molar-refractivity contribution is 1.40. The molecular weight excluding hydrogens is 167 g/mol. The molecule has 0 aromatic heterocycles. The summed E-state index contributed by atoms with van der Waals surface area (Å²) in [7, 11) is 2.18. The molecule has 2 aromatic rings. The average Bonchev–Trinajstić information content (AvgIpc) is 2.30. The largest absolute Gasteiger partial charge is 0.107 e. The van der Waals surface area contributed by atoms with Crippen molar-refractivity contribution in [1.29, 1.82) is 0 Å². The number of benzene rings is 2. The molecule has 0 nitrogen and oxygen atoms in total. The van der Waals surface area contributed by atoms with Crippen LogP contribution in [-0.4, -0.2) is 7.85 Å². The molecule has 68 valence electrons. The van der Waals surface area contributed by atoms with Crippen LogP contribution in [0.3, 0.4) is 0 Å². The first kappa shape index (κ1) is 9.08. The van der Waals surface area contributed by atoms with Crippen LogP contribution in [0.2, 0.25) is 0 Å². The molecule has 0 spiro atoms. The Kier molecular flexibility index (Phi) is 2.69. The molecule has 2 rings (SSSR count). The maximum atomic E-state index is 2.26. The first-order chi connectivity index (χ1) is 6.90. The highest BCUT2D eigenvalue weighted by molar-refractivity contribution is 6.08. The van der Waals surface area contributed by atoms with E-state index in [-0.39, 0.29) is 0 Å². The van der Waals surface area contributed by atoms with Gasteiger partial charge in [0.2, 0.25) is 0 Å². The zero-order valence-electron chi connectivity index (χ0n) is 8.40. The Morgan fingerprint density at radius 1 is 0.786 bits per heavy atom. The van der Waals surface area contributed by atoms with Gasteiger partial charge in [-0.15, -0.1) is 0 Å². The summed E-state index contributed by atoms with van der Waals surface area (Å²) in [6.07, 6.45) is 1.10. The topological polar surface area (TPSA) is 0 Å². The maximum absolute atomic E-state index is 2.26. The first-order valence-electron chi connectivity index (χ1n) is 5.04. The second kappa shape index (κ2) is 4.14. The maximum Gasteiger partial charge on any atom is 0.107 e. The van der Waals surface area contributed by atoms with E-state index in [0.717, 1.165) is 6.32 Å². The molecule has 0 N–H and O–H groups in total. The van der Waals surface area contributed by atoms with E-state index in [2.05, 4.69) is 56.4 Å². The van der Waals surface area contributed by atoms with E-state index < -0.39 is 0 Å². The summed E-state index contributed by atoms with van der Waals surface area (Å²) in [5.74, 6) is 0. The van der Waals surface area contributed by atoms with Gasteiger partial charge in [-0.1, -0.05) is 66.5 Å². The summed E-state index contributed by atoms with van der Waals surface area (Å²) >= 11 is 0. The predicted octanol–water partition coefficient (Wildman–Crippen LogP) is 2.49. The minimum absolute atomic E-state index is 1.10. The van der Waals surface area contributed by atoms with Gasteiger partial charge in [-0.3, -0.25) is 0 Å². The number of rotatable bonds is 2. The minimum atomic E-state index is 1.10. The molecule has 0 bridgehead atoms. The highest BCUT2D eigenvalue weighted by Crippen LogP contribution is 2.19.